The van der Waals surface area contributed by atoms with Gasteiger partial charge >= 0.3 is 0 Å². The number of H-pyrrole nitrogens is 1. The Kier molecular flexibility index (Phi) is 3.18. The molecule has 1 saturated carbocycles. The van der Waals surface area contributed by atoms with Gasteiger partial charge in [0.15, 0.2) is 5.96 Å². The van der Waals surface area contributed by atoms with Gasteiger partial charge in [-0.3, -0.25) is 0 Å². The van der Waals surface area contributed by atoms with Crippen molar-refractivity contribution in [2.24, 2.45) is 10.7 Å². The summed E-state index contributed by atoms with van der Waals surface area (Å²) >= 11 is 0. The van der Waals surface area contributed by atoms with Gasteiger partial charge in [0, 0.05) is 6.04 Å². The summed E-state index contributed by atoms with van der Waals surface area (Å²) in [6.07, 6.45) is 4.20. The first-order valence-electron chi connectivity index (χ1n) is 6.47. The molecule has 0 unspecified atom stereocenters. The van der Waals surface area contributed by atoms with E-state index in [2.05, 4.69) is 20.3 Å². The van der Waals surface area contributed by atoms with Crippen LogP contribution in [0.4, 0.5) is 0 Å². The first-order chi connectivity index (χ1) is 9.31. The number of nitrogens with zero attached hydrogens (tertiary/aromatic N) is 2. The molecule has 1 aromatic heterocycles. The summed E-state index contributed by atoms with van der Waals surface area (Å²) < 4.78 is 0. The van der Waals surface area contributed by atoms with E-state index in [0.717, 1.165) is 17.1 Å². The molecule has 2 aromatic rings. The first kappa shape index (κ1) is 11.8. The minimum Gasteiger partial charge on any atom is -0.370 e. The molecule has 98 valence electrons. The van der Waals surface area contributed by atoms with Crippen molar-refractivity contribution < 1.29 is 0 Å². The number of aliphatic imine (C=N–C) groups is 1. The number of imidazole rings is 1. The van der Waals surface area contributed by atoms with Crippen LogP contribution in [0.3, 0.4) is 0 Å². The SMILES string of the molecule is NC(=NCc1ncc(-c2ccccc2)[nH]1)NC1CC1. The van der Waals surface area contributed by atoms with E-state index in [1.165, 1.54) is 12.8 Å². The molecule has 0 radical (unpaired) electrons. The van der Waals surface area contributed by atoms with Crippen LogP contribution in [0.15, 0.2) is 41.5 Å². The zero-order valence-electron chi connectivity index (χ0n) is 10.6. The van der Waals surface area contributed by atoms with E-state index < -0.39 is 0 Å². The number of hydrogen-bond acceptors (Lipinski definition) is 2. The molecule has 1 aliphatic carbocycles. The second kappa shape index (κ2) is 5.14. The summed E-state index contributed by atoms with van der Waals surface area (Å²) in [7, 11) is 0. The Morgan fingerprint density at radius 2 is 2.16 bits per heavy atom. The lowest BCUT2D eigenvalue weighted by molar-refractivity contribution is 0.864. The minimum absolute atomic E-state index is 0.471. The summed E-state index contributed by atoms with van der Waals surface area (Å²) in [5.74, 6) is 1.32. The predicted octanol–water partition coefficient (Wildman–Crippen LogP) is 1.64. The Hall–Kier alpha value is -2.30. The van der Waals surface area contributed by atoms with Gasteiger partial charge in [0.1, 0.15) is 12.4 Å². The van der Waals surface area contributed by atoms with Crippen LogP contribution in [-0.4, -0.2) is 22.0 Å². The lowest BCUT2D eigenvalue weighted by Gasteiger charge is -2.01. The van der Waals surface area contributed by atoms with E-state index in [9.17, 15) is 0 Å². The van der Waals surface area contributed by atoms with Gasteiger partial charge in [-0.05, 0) is 18.4 Å². The van der Waals surface area contributed by atoms with Gasteiger partial charge in [0.05, 0.1) is 11.9 Å². The van der Waals surface area contributed by atoms with Gasteiger partial charge in [-0.15, -0.1) is 0 Å². The quantitative estimate of drug-likeness (QED) is 0.574. The molecule has 0 saturated heterocycles. The Morgan fingerprint density at radius 1 is 1.37 bits per heavy atom. The smallest absolute Gasteiger partial charge is 0.189 e. The third-order valence-electron chi connectivity index (χ3n) is 3.04. The largest absolute Gasteiger partial charge is 0.370 e. The van der Waals surface area contributed by atoms with Gasteiger partial charge in [0.2, 0.25) is 0 Å². The summed E-state index contributed by atoms with van der Waals surface area (Å²) in [5, 5.41) is 3.15. The van der Waals surface area contributed by atoms with Crippen LogP contribution in [0.1, 0.15) is 18.7 Å². The van der Waals surface area contributed by atoms with Crippen molar-refractivity contribution in [3.8, 4) is 11.3 Å². The highest BCUT2D eigenvalue weighted by atomic mass is 15.1. The molecule has 0 amide bonds. The van der Waals surface area contributed by atoms with Crippen LogP contribution in [0.5, 0.6) is 0 Å². The first-order valence-corrected chi connectivity index (χ1v) is 6.47. The van der Waals surface area contributed by atoms with Gasteiger partial charge in [-0.1, -0.05) is 30.3 Å². The molecule has 0 aliphatic heterocycles. The maximum Gasteiger partial charge on any atom is 0.189 e. The van der Waals surface area contributed by atoms with Crippen LogP contribution in [-0.2, 0) is 6.54 Å². The number of benzene rings is 1. The zero-order chi connectivity index (χ0) is 13.1. The number of guanidine groups is 1. The second-order valence-electron chi connectivity index (χ2n) is 4.73. The van der Waals surface area contributed by atoms with Crippen molar-refractivity contribution in [3.63, 3.8) is 0 Å². The third-order valence-corrected chi connectivity index (χ3v) is 3.04. The van der Waals surface area contributed by atoms with Crippen LogP contribution in [0, 0.1) is 0 Å². The van der Waals surface area contributed by atoms with E-state index in [1.807, 2.05) is 36.5 Å². The monoisotopic (exact) mass is 255 g/mol. The van der Waals surface area contributed by atoms with Crippen molar-refractivity contribution >= 4 is 5.96 Å². The molecule has 4 N–H and O–H groups in total. The van der Waals surface area contributed by atoms with E-state index in [4.69, 9.17) is 5.73 Å². The highest BCUT2D eigenvalue weighted by molar-refractivity contribution is 5.78. The molecule has 3 rings (SSSR count). The molecular formula is C14H17N5. The summed E-state index contributed by atoms with van der Waals surface area (Å²) in [5.41, 5.74) is 7.90. The number of hydrogen-bond donors (Lipinski definition) is 3. The highest BCUT2D eigenvalue weighted by Gasteiger charge is 2.21. The molecule has 1 heterocycles. The summed E-state index contributed by atoms with van der Waals surface area (Å²) in [4.78, 5) is 11.8. The van der Waals surface area contributed by atoms with E-state index in [1.54, 1.807) is 0 Å². The van der Waals surface area contributed by atoms with E-state index in [0.29, 0.717) is 18.5 Å². The molecule has 1 aliphatic rings. The summed E-state index contributed by atoms with van der Waals surface area (Å²) in [6.45, 7) is 0.471. The molecule has 1 aromatic carbocycles. The molecule has 0 spiro atoms. The van der Waals surface area contributed by atoms with Gasteiger partial charge in [-0.25, -0.2) is 9.98 Å². The maximum atomic E-state index is 5.78. The standard InChI is InChI=1S/C14H17N5/c15-14(18-11-6-7-11)17-9-13-16-8-12(19-13)10-4-2-1-3-5-10/h1-5,8,11H,6-7,9H2,(H,16,19)(H3,15,17,18). The zero-order valence-corrected chi connectivity index (χ0v) is 10.6. The summed E-state index contributed by atoms with van der Waals surface area (Å²) in [6, 6.07) is 10.6. The molecule has 19 heavy (non-hydrogen) atoms. The Morgan fingerprint density at radius 3 is 2.89 bits per heavy atom. The number of rotatable bonds is 4. The fourth-order valence-electron chi connectivity index (χ4n) is 1.85. The number of aromatic amines is 1. The number of nitrogens with two attached hydrogens (primary N) is 1. The second-order valence-corrected chi connectivity index (χ2v) is 4.73. The van der Waals surface area contributed by atoms with E-state index in [-0.39, 0.29) is 0 Å². The van der Waals surface area contributed by atoms with Crippen molar-refractivity contribution in [2.75, 3.05) is 0 Å². The van der Waals surface area contributed by atoms with Crippen LogP contribution >= 0.6 is 0 Å². The molecule has 0 bridgehead atoms. The normalized spacial score (nSPS) is 15.5. The van der Waals surface area contributed by atoms with Crippen LogP contribution < -0.4 is 11.1 Å². The Labute approximate surface area is 112 Å². The topological polar surface area (TPSA) is 79.1 Å². The minimum atomic E-state index is 0.471. The van der Waals surface area contributed by atoms with E-state index >= 15 is 0 Å². The molecule has 5 heteroatoms. The Balaban J connectivity index is 1.64. The average molecular weight is 255 g/mol. The van der Waals surface area contributed by atoms with Crippen molar-refractivity contribution in [1.29, 1.82) is 0 Å². The lowest BCUT2D eigenvalue weighted by Crippen LogP contribution is -2.33. The molecule has 5 nitrogen and oxygen atoms in total. The maximum absolute atomic E-state index is 5.78. The fraction of sp³-hybridized carbons (Fsp3) is 0.286. The predicted molar refractivity (Wildman–Crippen MR) is 75.5 cm³/mol. The molecular weight excluding hydrogens is 238 g/mol. The number of nitrogens with one attached hydrogen (secondary N) is 2. The van der Waals surface area contributed by atoms with Crippen molar-refractivity contribution in [3.05, 3.63) is 42.4 Å². The highest BCUT2D eigenvalue weighted by Crippen LogP contribution is 2.18. The molecule has 0 atom stereocenters. The van der Waals surface area contributed by atoms with Gasteiger partial charge in [-0.2, -0.15) is 0 Å². The van der Waals surface area contributed by atoms with Crippen molar-refractivity contribution in [1.82, 2.24) is 15.3 Å². The van der Waals surface area contributed by atoms with Crippen molar-refractivity contribution in [2.45, 2.75) is 25.4 Å². The Bertz CT molecular complexity index is 569. The number of aromatic nitrogens is 2. The van der Waals surface area contributed by atoms with Gasteiger partial charge < -0.3 is 16.0 Å². The van der Waals surface area contributed by atoms with Crippen LogP contribution in [0.2, 0.25) is 0 Å². The lowest BCUT2D eigenvalue weighted by atomic mass is 10.2. The van der Waals surface area contributed by atoms with Gasteiger partial charge in [0.25, 0.3) is 0 Å². The average Bonchev–Trinajstić information content (AvgIpc) is 3.12. The van der Waals surface area contributed by atoms with Crippen LogP contribution in [0.25, 0.3) is 11.3 Å². The third kappa shape index (κ3) is 3.13. The fourth-order valence-corrected chi connectivity index (χ4v) is 1.85. The molecule has 1 fully saturated rings.